The summed E-state index contributed by atoms with van der Waals surface area (Å²) in [5, 5.41) is 51.7. The minimum absolute atomic E-state index is 0.575. The van der Waals surface area contributed by atoms with Crippen LogP contribution in [0.3, 0.4) is 0 Å². The van der Waals surface area contributed by atoms with E-state index in [1.165, 1.54) is 0 Å². The van der Waals surface area contributed by atoms with Gasteiger partial charge in [-0.1, -0.05) is 0 Å². The highest BCUT2D eigenvalue weighted by atomic mass is 16.6. The second-order valence-corrected chi connectivity index (χ2v) is 5.37. The van der Waals surface area contributed by atoms with E-state index in [1.54, 1.807) is 0 Å². The highest BCUT2D eigenvalue weighted by Gasteiger charge is 2.50. The number of carbonyl (C=O) groups is 6. The summed E-state index contributed by atoms with van der Waals surface area (Å²) in [6, 6.07) is 0. The van der Waals surface area contributed by atoms with Crippen molar-refractivity contribution >= 4 is 35.8 Å². The number of aliphatic hydroxyl groups excluding tert-OH is 2. The Hall–Kier alpha value is -4.10. The third kappa shape index (κ3) is 4.54. The lowest BCUT2D eigenvalue weighted by Gasteiger charge is -2.18. The quantitative estimate of drug-likeness (QED) is 0.278. The van der Waals surface area contributed by atoms with Crippen LogP contribution < -0.4 is 0 Å². The maximum atomic E-state index is 10.7. The maximum absolute atomic E-state index is 10.7. The Morgan fingerprint density at radius 1 is 0.714 bits per heavy atom. The molecule has 0 aromatic heterocycles. The van der Waals surface area contributed by atoms with Gasteiger partial charge in [0, 0.05) is 12.2 Å². The highest BCUT2D eigenvalue weighted by molar-refractivity contribution is 5.98. The lowest BCUT2D eigenvalue weighted by atomic mass is 10.0. The van der Waals surface area contributed by atoms with Gasteiger partial charge in [0.15, 0.2) is 0 Å². The molecule has 0 bridgehead atoms. The van der Waals surface area contributed by atoms with Crippen molar-refractivity contribution in [1.29, 1.82) is 0 Å². The van der Waals surface area contributed by atoms with Crippen LogP contribution in [-0.4, -0.2) is 77.7 Å². The molecule has 2 heterocycles. The van der Waals surface area contributed by atoms with Crippen LogP contribution >= 0.6 is 0 Å². The van der Waals surface area contributed by atoms with Gasteiger partial charge in [-0.3, -0.25) is 9.59 Å². The molecule has 2 aliphatic heterocycles. The van der Waals surface area contributed by atoms with Crippen molar-refractivity contribution in [3.05, 3.63) is 23.7 Å². The molecule has 0 aromatic rings. The molecule has 152 valence electrons. The number of esters is 2. The Bertz CT molecular complexity index is 752. The van der Waals surface area contributed by atoms with Crippen molar-refractivity contribution in [3.63, 3.8) is 0 Å². The first kappa shape index (κ1) is 21.9. The van der Waals surface area contributed by atoms with E-state index in [2.05, 4.69) is 9.47 Å². The first-order valence-electron chi connectivity index (χ1n) is 6.95. The molecular weight excluding hydrogens is 392 g/mol. The molecule has 14 heteroatoms. The third-order valence-corrected chi connectivity index (χ3v) is 3.26. The molecule has 2 atom stereocenters. The van der Waals surface area contributed by atoms with Gasteiger partial charge in [0.2, 0.25) is 22.7 Å². The molecule has 6 N–H and O–H groups in total. The Morgan fingerprint density at radius 2 is 1.00 bits per heavy atom. The molecule has 2 rings (SSSR count). The van der Waals surface area contributed by atoms with Crippen LogP contribution in [0.2, 0.25) is 0 Å². The Morgan fingerprint density at radius 3 is 1.14 bits per heavy atom. The van der Waals surface area contributed by atoms with E-state index in [0.29, 0.717) is 12.2 Å². The van der Waals surface area contributed by atoms with Crippen LogP contribution in [0.4, 0.5) is 0 Å². The predicted molar refractivity (Wildman–Crippen MR) is 78.8 cm³/mol. The first-order valence-corrected chi connectivity index (χ1v) is 6.95. The van der Waals surface area contributed by atoms with Crippen molar-refractivity contribution < 1.29 is 68.9 Å². The van der Waals surface area contributed by atoms with Crippen LogP contribution in [0.15, 0.2) is 23.7 Å². The van der Waals surface area contributed by atoms with Crippen molar-refractivity contribution in [2.75, 3.05) is 0 Å². The fourth-order valence-electron chi connectivity index (χ4n) is 2.04. The number of rotatable bonds is 6. The topological polar surface area (TPSA) is 242 Å². The lowest BCUT2D eigenvalue weighted by molar-refractivity contribution is -0.171. The fraction of sp³-hybridized carbons (Fsp3) is 0.286. The van der Waals surface area contributed by atoms with E-state index in [9.17, 15) is 28.8 Å². The number of aliphatic hydroxyl groups is 2. The molecule has 0 spiro atoms. The van der Waals surface area contributed by atoms with Crippen LogP contribution in [-0.2, 0) is 38.2 Å². The SMILES string of the molecule is O=C(O)CC1(C(=O)O)C=C(O)C(=O)O1.O=C(O)CC1(C(=O)O)C=C(O)C(=O)O1. The summed E-state index contributed by atoms with van der Waals surface area (Å²) in [5.74, 6) is -10.5. The third-order valence-electron chi connectivity index (χ3n) is 3.26. The van der Waals surface area contributed by atoms with Crippen molar-refractivity contribution in [2.45, 2.75) is 24.0 Å². The first-order chi connectivity index (χ1) is 12.7. The van der Waals surface area contributed by atoms with Crippen LogP contribution in [0.25, 0.3) is 0 Å². The smallest absolute Gasteiger partial charge is 0.374 e. The van der Waals surface area contributed by atoms with Crippen molar-refractivity contribution in [1.82, 2.24) is 0 Å². The standard InChI is InChI=1S/2C7H6O7/c2*8-3-1-7(6(12)13,2-4(9)10)14-5(3)11/h2*1,8H,2H2,(H,9,10)(H,12,13). The number of carboxylic acids is 4. The van der Waals surface area contributed by atoms with Gasteiger partial charge in [-0.25, -0.2) is 19.2 Å². The van der Waals surface area contributed by atoms with E-state index < -0.39 is 71.4 Å². The van der Waals surface area contributed by atoms with Gasteiger partial charge in [-0.05, 0) is 0 Å². The summed E-state index contributed by atoms with van der Waals surface area (Å²) in [6.45, 7) is 0. The zero-order chi connectivity index (χ0) is 21.9. The molecule has 2 aliphatic rings. The molecule has 2 unspecified atom stereocenters. The zero-order valence-electron chi connectivity index (χ0n) is 13.5. The number of hydrogen-bond acceptors (Lipinski definition) is 10. The van der Waals surface area contributed by atoms with Gasteiger partial charge in [-0.2, -0.15) is 0 Å². The minimum atomic E-state index is -2.28. The lowest BCUT2D eigenvalue weighted by Crippen LogP contribution is -2.40. The molecule has 0 aliphatic carbocycles. The minimum Gasteiger partial charge on any atom is -0.502 e. The van der Waals surface area contributed by atoms with Gasteiger partial charge in [0.1, 0.15) is 12.8 Å². The number of cyclic esters (lactones) is 2. The second-order valence-electron chi connectivity index (χ2n) is 5.37. The van der Waals surface area contributed by atoms with E-state index >= 15 is 0 Å². The van der Waals surface area contributed by atoms with Gasteiger partial charge < -0.3 is 40.1 Å². The van der Waals surface area contributed by atoms with E-state index in [0.717, 1.165) is 0 Å². The van der Waals surface area contributed by atoms with Crippen molar-refractivity contribution in [3.8, 4) is 0 Å². The molecular formula is C14H12O14. The maximum Gasteiger partial charge on any atom is 0.374 e. The van der Waals surface area contributed by atoms with Crippen LogP contribution in [0.5, 0.6) is 0 Å². The van der Waals surface area contributed by atoms with Gasteiger partial charge >= 0.3 is 35.8 Å². The summed E-state index contributed by atoms with van der Waals surface area (Å²) < 4.78 is 8.54. The molecule has 0 aromatic carbocycles. The molecule has 0 saturated heterocycles. The largest absolute Gasteiger partial charge is 0.502 e. The van der Waals surface area contributed by atoms with Gasteiger partial charge in [0.05, 0.1) is 0 Å². The Balaban J connectivity index is 0.000000280. The van der Waals surface area contributed by atoms with Crippen LogP contribution in [0, 0.1) is 0 Å². The molecule has 0 fully saturated rings. The van der Waals surface area contributed by atoms with Gasteiger partial charge in [0.25, 0.3) is 0 Å². The average molecular weight is 404 g/mol. The number of aliphatic carboxylic acids is 4. The molecule has 14 nitrogen and oxygen atoms in total. The highest BCUT2D eigenvalue weighted by Crippen LogP contribution is 2.28. The summed E-state index contributed by atoms with van der Waals surface area (Å²) in [5.41, 5.74) is -4.57. The predicted octanol–water partition coefficient (Wildman–Crippen LogP) is -1.43. The number of carbonyl (C=O) groups excluding carboxylic acids is 2. The summed E-state index contributed by atoms with van der Waals surface area (Å²) in [4.78, 5) is 63.3. The summed E-state index contributed by atoms with van der Waals surface area (Å²) in [6.07, 6.45) is -0.714. The molecule has 0 radical (unpaired) electrons. The monoisotopic (exact) mass is 404 g/mol. The molecule has 0 saturated carbocycles. The second kappa shape index (κ2) is 7.65. The normalized spacial score (nSPS) is 25.4. The average Bonchev–Trinajstić information content (AvgIpc) is 2.96. The zero-order valence-corrected chi connectivity index (χ0v) is 13.5. The van der Waals surface area contributed by atoms with E-state index in [4.69, 9.17) is 30.6 Å². The van der Waals surface area contributed by atoms with Crippen LogP contribution in [0.1, 0.15) is 12.8 Å². The molecule has 0 amide bonds. The number of ether oxygens (including phenoxy) is 2. The van der Waals surface area contributed by atoms with E-state index in [1.807, 2.05) is 0 Å². The Labute approximate surface area is 153 Å². The number of hydrogen-bond donors (Lipinski definition) is 6. The number of carboxylic acid groups (broad SMARTS) is 4. The van der Waals surface area contributed by atoms with Crippen molar-refractivity contribution in [2.24, 2.45) is 0 Å². The van der Waals surface area contributed by atoms with Gasteiger partial charge in [-0.15, -0.1) is 0 Å². The summed E-state index contributed by atoms with van der Waals surface area (Å²) >= 11 is 0. The van der Waals surface area contributed by atoms with E-state index in [-0.39, 0.29) is 0 Å². The summed E-state index contributed by atoms with van der Waals surface area (Å²) in [7, 11) is 0. The molecule has 28 heavy (non-hydrogen) atoms. The Kier molecular flexibility index (Phi) is 5.99. The fourth-order valence-corrected chi connectivity index (χ4v) is 2.04.